The maximum absolute atomic E-state index is 10.9. The lowest BCUT2D eigenvalue weighted by Crippen LogP contribution is -2.24. The topological polar surface area (TPSA) is 110 Å². The number of nitrogens with two attached hydrogens (primary N) is 1. The average Bonchev–Trinajstić information content (AvgIpc) is 2.63. The van der Waals surface area contributed by atoms with Gasteiger partial charge >= 0.3 is 5.69 Å². The lowest BCUT2D eigenvalue weighted by Gasteiger charge is -2.13. The molecule has 1 aromatic heterocycles. The number of nitro groups is 1. The first kappa shape index (κ1) is 11.5. The zero-order valence-electron chi connectivity index (χ0n) is 9.46. The molecule has 0 radical (unpaired) electrons. The molecular weight excluding hydrogens is 224 g/mol. The zero-order chi connectivity index (χ0) is 12.4. The van der Waals surface area contributed by atoms with Crippen LogP contribution in [-0.2, 0) is 0 Å². The van der Waals surface area contributed by atoms with Crippen molar-refractivity contribution < 1.29 is 4.92 Å². The molecule has 0 spiro atoms. The first-order chi connectivity index (χ1) is 8.08. The van der Waals surface area contributed by atoms with Crippen molar-refractivity contribution in [1.82, 2.24) is 14.9 Å². The van der Waals surface area contributed by atoms with Crippen LogP contribution in [0, 0.1) is 10.1 Å². The highest BCUT2D eigenvalue weighted by Crippen LogP contribution is 2.27. The van der Waals surface area contributed by atoms with E-state index in [1.165, 1.54) is 6.33 Å². The summed E-state index contributed by atoms with van der Waals surface area (Å²) in [5, 5.41) is 13.9. The molecule has 17 heavy (non-hydrogen) atoms. The average molecular weight is 238 g/mol. The second-order valence-corrected chi connectivity index (χ2v) is 4.11. The second kappa shape index (κ2) is 4.50. The first-order valence-corrected chi connectivity index (χ1v) is 5.28. The number of aromatic nitrogens is 2. The number of anilines is 2. The van der Waals surface area contributed by atoms with Crippen LogP contribution in [0.5, 0.6) is 0 Å². The Morgan fingerprint density at radius 1 is 1.65 bits per heavy atom. The highest BCUT2D eigenvalue weighted by molar-refractivity contribution is 5.67. The fraction of sp³-hybridized carbons (Fsp3) is 0.556. The van der Waals surface area contributed by atoms with Crippen LogP contribution < -0.4 is 11.1 Å². The summed E-state index contributed by atoms with van der Waals surface area (Å²) in [6, 6.07) is 0.160. The molecule has 2 rings (SSSR count). The minimum atomic E-state index is -0.559. The molecule has 1 unspecified atom stereocenters. The van der Waals surface area contributed by atoms with Crippen molar-refractivity contribution in [1.29, 1.82) is 0 Å². The summed E-state index contributed by atoms with van der Waals surface area (Å²) >= 11 is 0. The molecule has 1 aliphatic heterocycles. The number of nitrogens with one attached hydrogen (secondary N) is 1. The molecule has 0 aliphatic carbocycles. The molecule has 0 amide bonds. The highest BCUT2D eigenvalue weighted by Gasteiger charge is 2.25. The molecule has 1 atom stereocenters. The SMILES string of the molecule is CN1CCC(Nc2ncnc(N)c2[N+](=O)[O-])C1. The molecule has 0 saturated carbocycles. The largest absolute Gasteiger partial charge is 0.378 e. The maximum Gasteiger partial charge on any atom is 0.352 e. The van der Waals surface area contributed by atoms with Gasteiger partial charge < -0.3 is 16.0 Å². The van der Waals surface area contributed by atoms with Gasteiger partial charge in [-0.15, -0.1) is 0 Å². The monoisotopic (exact) mass is 238 g/mol. The first-order valence-electron chi connectivity index (χ1n) is 5.28. The van der Waals surface area contributed by atoms with E-state index >= 15 is 0 Å². The van der Waals surface area contributed by atoms with E-state index in [0.29, 0.717) is 0 Å². The molecule has 3 N–H and O–H groups in total. The third kappa shape index (κ3) is 2.41. The van der Waals surface area contributed by atoms with Crippen molar-refractivity contribution in [3.63, 3.8) is 0 Å². The van der Waals surface area contributed by atoms with E-state index < -0.39 is 4.92 Å². The molecule has 1 aromatic rings. The van der Waals surface area contributed by atoms with E-state index in [2.05, 4.69) is 20.2 Å². The fourth-order valence-corrected chi connectivity index (χ4v) is 1.92. The normalized spacial score (nSPS) is 20.4. The summed E-state index contributed by atoms with van der Waals surface area (Å²) in [5.41, 5.74) is 5.23. The molecule has 1 fully saturated rings. The van der Waals surface area contributed by atoms with Crippen LogP contribution in [0.3, 0.4) is 0 Å². The molecule has 1 saturated heterocycles. The van der Waals surface area contributed by atoms with Crippen LogP contribution in [0.25, 0.3) is 0 Å². The van der Waals surface area contributed by atoms with Crippen molar-refractivity contribution >= 4 is 17.3 Å². The Kier molecular flexibility index (Phi) is 3.05. The predicted molar refractivity (Wildman–Crippen MR) is 62.6 cm³/mol. The summed E-state index contributed by atoms with van der Waals surface area (Å²) in [5.74, 6) is 0.0849. The zero-order valence-corrected chi connectivity index (χ0v) is 9.46. The van der Waals surface area contributed by atoms with E-state index in [4.69, 9.17) is 5.73 Å². The van der Waals surface area contributed by atoms with Gasteiger partial charge in [-0.3, -0.25) is 10.1 Å². The molecule has 1 aliphatic rings. The molecule has 92 valence electrons. The maximum atomic E-state index is 10.9. The van der Waals surface area contributed by atoms with E-state index in [0.717, 1.165) is 19.5 Å². The minimum Gasteiger partial charge on any atom is -0.378 e. The van der Waals surface area contributed by atoms with E-state index in [-0.39, 0.29) is 23.4 Å². The van der Waals surface area contributed by atoms with Gasteiger partial charge in [0.05, 0.1) is 4.92 Å². The van der Waals surface area contributed by atoms with Crippen molar-refractivity contribution in [2.45, 2.75) is 12.5 Å². The molecular formula is C9H14N6O2. The summed E-state index contributed by atoms with van der Waals surface area (Å²) in [6.07, 6.45) is 2.15. The van der Waals surface area contributed by atoms with Crippen LogP contribution >= 0.6 is 0 Å². The summed E-state index contributed by atoms with van der Waals surface area (Å²) in [6.45, 7) is 1.80. The number of hydrogen-bond donors (Lipinski definition) is 2. The number of nitrogens with zero attached hydrogens (tertiary/aromatic N) is 4. The molecule has 8 heteroatoms. The Labute approximate surface area is 98.0 Å². The third-order valence-corrected chi connectivity index (χ3v) is 2.77. The standard InChI is InChI=1S/C9H14N6O2/c1-14-3-2-6(4-14)13-9-7(15(16)17)8(10)11-5-12-9/h5-6H,2-4H2,1H3,(H3,10,11,12,13). The third-order valence-electron chi connectivity index (χ3n) is 2.77. The van der Waals surface area contributed by atoms with Gasteiger partial charge in [0, 0.05) is 12.6 Å². The molecule has 2 heterocycles. The molecule has 8 nitrogen and oxygen atoms in total. The van der Waals surface area contributed by atoms with Gasteiger partial charge in [0.25, 0.3) is 0 Å². The van der Waals surface area contributed by atoms with Crippen LogP contribution in [0.1, 0.15) is 6.42 Å². The Balaban J connectivity index is 2.20. The lowest BCUT2D eigenvalue weighted by atomic mass is 10.2. The number of likely N-dealkylation sites (N-methyl/N-ethyl adjacent to an activating group) is 1. The van der Waals surface area contributed by atoms with E-state index in [1.807, 2.05) is 7.05 Å². The number of rotatable bonds is 3. The minimum absolute atomic E-state index is 0.112. The van der Waals surface area contributed by atoms with Gasteiger partial charge in [-0.05, 0) is 20.0 Å². The van der Waals surface area contributed by atoms with Crippen LogP contribution in [0.15, 0.2) is 6.33 Å². The predicted octanol–water partition coefficient (Wildman–Crippen LogP) is 0.0830. The van der Waals surface area contributed by atoms with E-state index in [9.17, 15) is 10.1 Å². The second-order valence-electron chi connectivity index (χ2n) is 4.11. The number of hydrogen-bond acceptors (Lipinski definition) is 7. The summed E-state index contributed by atoms with van der Waals surface area (Å²) < 4.78 is 0. The van der Waals surface area contributed by atoms with Crippen molar-refractivity contribution in [2.24, 2.45) is 0 Å². The van der Waals surface area contributed by atoms with Gasteiger partial charge in [0.15, 0.2) is 0 Å². The smallest absolute Gasteiger partial charge is 0.352 e. The van der Waals surface area contributed by atoms with Gasteiger partial charge in [0.1, 0.15) is 6.33 Å². The van der Waals surface area contributed by atoms with Gasteiger partial charge in [0.2, 0.25) is 11.6 Å². The van der Waals surface area contributed by atoms with Crippen LogP contribution in [0.4, 0.5) is 17.3 Å². The Bertz CT molecular complexity index is 437. The highest BCUT2D eigenvalue weighted by atomic mass is 16.6. The van der Waals surface area contributed by atoms with Crippen molar-refractivity contribution in [2.75, 3.05) is 31.2 Å². The fourth-order valence-electron chi connectivity index (χ4n) is 1.92. The number of likely N-dealkylation sites (tertiary alicyclic amines) is 1. The van der Waals surface area contributed by atoms with Crippen molar-refractivity contribution in [3.8, 4) is 0 Å². The molecule has 0 bridgehead atoms. The lowest BCUT2D eigenvalue weighted by molar-refractivity contribution is -0.383. The van der Waals surface area contributed by atoms with Gasteiger partial charge in [-0.2, -0.15) is 0 Å². The number of nitrogen functional groups attached to an aromatic ring is 1. The van der Waals surface area contributed by atoms with Crippen LogP contribution in [-0.4, -0.2) is 46.0 Å². The summed E-state index contributed by atoms with van der Waals surface area (Å²) in [4.78, 5) is 20.0. The van der Waals surface area contributed by atoms with Gasteiger partial charge in [-0.25, -0.2) is 9.97 Å². The Morgan fingerprint density at radius 3 is 3.00 bits per heavy atom. The van der Waals surface area contributed by atoms with Crippen molar-refractivity contribution in [3.05, 3.63) is 16.4 Å². The van der Waals surface area contributed by atoms with E-state index in [1.54, 1.807) is 0 Å². The Morgan fingerprint density at radius 2 is 2.41 bits per heavy atom. The molecule has 0 aromatic carbocycles. The quantitative estimate of drug-likeness (QED) is 0.566. The van der Waals surface area contributed by atoms with Crippen LogP contribution in [0.2, 0.25) is 0 Å². The summed E-state index contributed by atoms with van der Waals surface area (Å²) in [7, 11) is 2.00. The van der Waals surface area contributed by atoms with Gasteiger partial charge in [-0.1, -0.05) is 0 Å². The Hall–Kier alpha value is -1.96.